The number of aryl methyl sites for hydroxylation is 1. The molecule has 0 amide bonds. The predicted molar refractivity (Wildman–Crippen MR) is 71.5 cm³/mol. The molecule has 0 radical (unpaired) electrons. The SMILES string of the molecule is Cc1nc2ccc(C(N(C)C)C(C)(C)O)cc2o1. The maximum Gasteiger partial charge on any atom is 0.192 e. The van der Waals surface area contributed by atoms with Crippen molar-refractivity contribution in [1.29, 1.82) is 0 Å². The van der Waals surface area contributed by atoms with Crippen molar-refractivity contribution in [3.8, 4) is 0 Å². The third-order valence-corrected chi connectivity index (χ3v) is 3.02. The minimum atomic E-state index is -0.827. The summed E-state index contributed by atoms with van der Waals surface area (Å²) in [5.74, 6) is 0.659. The van der Waals surface area contributed by atoms with E-state index in [2.05, 4.69) is 4.98 Å². The second kappa shape index (κ2) is 4.37. The van der Waals surface area contributed by atoms with E-state index in [1.54, 1.807) is 0 Å². The lowest BCUT2D eigenvalue weighted by molar-refractivity contribution is -0.00311. The van der Waals surface area contributed by atoms with Crippen LogP contribution in [0.25, 0.3) is 11.1 Å². The van der Waals surface area contributed by atoms with E-state index >= 15 is 0 Å². The third kappa shape index (κ3) is 2.40. The Balaban J connectivity index is 2.51. The van der Waals surface area contributed by atoms with E-state index in [-0.39, 0.29) is 6.04 Å². The highest BCUT2D eigenvalue weighted by atomic mass is 16.3. The van der Waals surface area contributed by atoms with Gasteiger partial charge in [0.15, 0.2) is 11.5 Å². The molecule has 0 spiro atoms. The second-order valence-corrected chi connectivity index (χ2v) is 5.48. The van der Waals surface area contributed by atoms with E-state index in [0.717, 1.165) is 16.7 Å². The highest BCUT2D eigenvalue weighted by molar-refractivity contribution is 5.73. The summed E-state index contributed by atoms with van der Waals surface area (Å²) in [5.41, 5.74) is 1.81. The molecule has 0 saturated carbocycles. The first-order chi connectivity index (χ1) is 8.29. The molecule has 1 atom stereocenters. The van der Waals surface area contributed by atoms with Crippen LogP contribution in [0.3, 0.4) is 0 Å². The van der Waals surface area contributed by atoms with Crippen molar-refractivity contribution in [2.45, 2.75) is 32.4 Å². The van der Waals surface area contributed by atoms with Gasteiger partial charge in [0.2, 0.25) is 0 Å². The minimum Gasteiger partial charge on any atom is -0.441 e. The monoisotopic (exact) mass is 248 g/mol. The first-order valence-corrected chi connectivity index (χ1v) is 6.05. The zero-order valence-electron chi connectivity index (χ0n) is 11.6. The Morgan fingerprint density at radius 3 is 2.56 bits per heavy atom. The average molecular weight is 248 g/mol. The van der Waals surface area contributed by atoms with Crippen molar-refractivity contribution < 1.29 is 9.52 Å². The van der Waals surface area contributed by atoms with Crippen LogP contribution >= 0.6 is 0 Å². The highest BCUT2D eigenvalue weighted by Gasteiger charge is 2.30. The zero-order chi connectivity index (χ0) is 13.5. The zero-order valence-corrected chi connectivity index (χ0v) is 11.6. The van der Waals surface area contributed by atoms with E-state index < -0.39 is 5.60 Å². The molecule has 18 heavy (non-hydrogen) atoms. The van der Waals surface area contributed by atoms with Crippen molar-refractivity contribution in [1.82, 2.24) is 9.88 Å². The van der Waals surface area contributed by atoms with Gasteiger partial charge in [0.25, 0.3) is 0 Å². The lowest BCUT2D eigenvalue weighted by atomic mass is 9.91. The van der Waals surface area contributed by atoms with Gasteiger partial charge in [0, 0.05) is 6.92 Å². The Kier molecular flexibility index (Phi) is 3.17. The number of hydrogen-bond donors (Lipinski definition) is 1. The fraction of sp³-hybridized carbons (Fsp3) is 0.500. The van der Waals surface area contributed by atoms with Gasteiger partial charge in [-0.25, -0.2) is 4.98 Å². The summed E-state index contributed by atoms with van der Waals surface area (Å²) in [6.07, 6.45) is 0. The van der Waals surface area contributed by atoms with E-state index in [4.69, 9.17) is 4.42 Å². The van der Waals surface area contributed by atoms with E-state index in [9.17, 15) is 5.11 Å². The fourth-order valence-electron chi connectivity index (χ4n) is 2.56. The molecule has 1 aromatic carbocycles. The van der Waals surface area contributed by atoms with Gasteiger partial charge in [0.05, 0.1) is 11.6 Å². The lowest BCUT2D eigenvalue weighted by Crippen LogP contribution is -2.38. The highest BCUT2D eigenvalue weighted by Crippen LogP contribution is 2.31. The third-order valence-electron chi connectivity index (χ3n) is 3.02. The van der Waals surface area contributed by atoms with Gasteiger partial charge >= 0.3 is 0 Å². The molecular weight excluding hydrogens is 228 g/mol. The topological polar surface area (TPSA) is 49.5 Å². The number of oxazole rings is 1. The van der Waals surface area contributed by atoms with Gasteiger partial charge < -0.3 is 9.52 Å². The normalized spacial score (nSPS) is 14.4. The number of rotatable bonds is 3. The molecule has 2 rings (SSSR count). The van der Waals surface area contributed by atoms with Crippen molar-refractivity contribution in [2.24, 2.45) is 0 Å². The van der Waals surface area contributed by atoms with Crippen LogP contribution in [0.4, 0.5) is 0 Å². The Hall–Kier alpha value is -1.39. The van der Waals surface area contributed by atoms with Gasteiger partial charge in [-0.05, 0) is 45.6 Å². The van der Waals surface area contributed by atoms with Crippen LogP contribution in [-0.2, 0) is 0 Å². The second-order valence-electron chi connectivity index (χ2n) is 5.48. The molecule has 0 fully saturated rings. The minimum absolute atomic E-state index is 0.0905. The Labute approximate surface area is 107 Å². The fourth-order valence-corrected chi connectivity index (χ4v) is 2.56. The summed E-state index contributed by atoms with van der Waals surface area (Å²) >= 11 is 0. The molecule has 1 aromatic heterocycles. The molecule has 0 aliphatic carbocycles. The van der Waals surface area contributed by atoms with Gasteiger partial charge in [0.1, 0.15) is 5.52 Å². The molecule has 2 aromatic rings. The number of nitrogens with zero attached hydrogens (tertiary/aromatic N) is 2. The molecule has 0 bridgehead atoms. The summed E-state index contributed by atoms with van der Waals surface area (Å²) in [6, 6.07) is 5.79. The molecule has 0 aliphatic heterocycles. The quantitative estimate of drug-likeness (QED) is 0.906. The van der Waals surface area contributed by atoms with Crippen LogP contribution in [0.15, 0.2) is 22.6 Å². The standard InChI is InChI=1S/C14H20N2O2/c1-9-15-11-7-6-10(8-12(11)18-9)13(16(4)5)14(2,3)17/h6-8,13,17H,1-5H3. The van der Waals surface area contributed by atoms with Crippen molar-refractivity contribution in [2.75, 3.05) is 14.1 Å². The van der Waals surface area contributed by atoms with Crippen LogP contribution < -0.4 is 0 Å². The van der Waals surface area contributed by atoms with E-state index in [0.29, 0.717) is 5.89 Å². The van der Waals surface area contributed by atoms with Crippen LogP contribution in [0, 0.1) is 6.92 Å². The van der Waals surface area contributed by atoms with E-state index in [1.807, 2.05) is 58.0 Å². The molecule has 1 unspecified atom stereocenters. The Bertz CT molecular complexity index is 552. The Morgan fingerprint density at radius 2 is 2.00 bits per heavy atom. The molecule has 1 heterocycles. The maximum absolute atomic E-state index is 10.3. The number of benzene rings is 1. The van der Waals surface area contributed by atoms with Crippen molar-refractivity contribution >= 4 is 11.1 Å². The van der Waals surface area contributed by atoms with Crippen LogP contribution in [0.2, 0.25) is 0 Å². The average Bonchev–Trinajstić information content (AvgIpc) is 2.54. The molecular formula is C14H20N2O2. The van der Waals surface area contributed by atoms with Crippen LogP contribution in [0.1, 0.15) is 31.3 Å². The van der Waals surface area contributed by atoms with Gasteiger partial charge in [-0.15, -0.1) is 0 Å². The molecule has 4 heteroatoms. The summed E-state index contributed by atoms with van der Waals surface area (Å²) in [7, 11) is 3.91. The smallest absolute Gasteiger partial charge is 0.192 e. The van der Waals surface area contributed by atoms with E-state index in [1.165, 1.54) is 0 Å². The van der Waals surface area contributed by atoms with Crippen LogP contribution in [0.5, 0.6) is 0 Å². The first kappa shape index (κ1) is 13.1. The van der Waals surface area contributed by atoms with Crippen molar-refractivity contribution in [3.05, 3.63) is 29.7 Å². The molecule has 0 saturated heterocycles. The van der Waals surface area contributed by atoms with Crippen molar-refractivity contribution in [3.63, 3.8) is 0 Å². The Morgan fingerprint density at radius 1 is 1.33 bits per heavy atom. The first-order valence-electron chi connectivity index (χ1n) is 6.05. The number of hydrogen-bond acceptors (Lipinski definition) is 4. The van der Waals surface area contributed by atoms with Crippen LogP contribution in [-0.4, -0.2) is 34.7 Å². The summed E-state index contributed by atoms with van der Waals surface area (Å²) in [5, 5.41) is 10.3. The summed E-state index contributed by atoms with van der Waals surface area (Å²) < 4.78 is 5.54. The number of aliphatic hydroxyl groups is 1. The maximum atomic E-state index is 10.3. The van der Waals surface area contributed by atoms with Gasteiger partial charge in [-0.1, -0.05) is 6.07 Å². The number of likely N-dealkylation sites (N-methyl/N-ethyl adjacent to an activating group) is 1. The van der Waals surface area contributed by atoms with Gasteiger partial charge in [-0.3, -0.25) is 4.90 Å². The molecule has 1 N–H and O–H groups in total. The molecule has 4 nitrogen and oxygen atoms in total. The summed E-state index contributed by atoms with van der Waals surface area (Å²) in [6.45, 7) is 5.46. The lowest BCUT2D eigenvalue weighted by Gasteiger charge is -2.35. The largest absolute Gasteiger partial charge is 0.441 e. The summed E-state index contributed by atoms with van der Waals surface area (Å²) in [4.78, 5) is 6.28. The predicted octanol–water partition coefficient (Wildman–Crippen LogP) is 2.51. The molecule has 98 valence electrons. The molecule has 0 aliphatic rings. The number of aromatic nitrogens is 1. The van der Waals surface area contributed by atoms with Gasteiger partial charge in [-0.2, -0.15) is 0 Å². The number of fused-ring (bicyclic) bond motifs is 1.